The van der Waals surface area contributed by atoms with E-state index < -0.39 is 0 Å². The molecule has 1 heterocycles. The third-order valence-electron chi connectivity index (χ3n) is 3.59. The Balaban J connectivity index is 2.08. The Morgan fingerprint density at radius 3 is 2.80 bits per heavy atom. The molecule has 0 spiro atoms. The van der Waals surface area contributed by atoms with Crippen molar-refractivity contribution in [1.29, 1.82) is 0 Å². The van der Waals surface area contributed by atoms with Gasteiger partial charge in [0.1, 0.15) is 12.3 Å². The van der Waals surface area contributed by atoms with Gasteiger partial charge in [0.05, 0.1) is 7.11 Å². The van der Waals surface area contributed by atoms with Gasteiger partial charge in [-0.3, -0.25) is 9.59 Å². The number of amides is 2. The van der Waals surface area contributed by atoms with Crippen molar-refractivity contribution in [1.82, 2.24) is 9.88 Å². The summed E-state index contributed by atoms with van der Waals surface area (Å²) >= 11 is 1.41. The van der Waals surface area contributed by atoms with E-state index in [0.717, 1.165) is 17.7 Å². The van der Waals surface area contributed by atoms with Crippen LogP contribution in [0.4, 0.5) is 5.13 Å². The van der Waals surface area contributed by atoms with Gasteiger partial charge in [-0.15, -0.1) is 11.3 Å². The van der Waals surface area contributed by atoms with Crippen LogP contribution in [0, 0.1) is 6.92 Å². The van der Waals surface area contributed by atoms with Gasteiger partial charge in [-0.05, 0) is 31.5 Å². The molecule has 1 aromatic heterocycles. The highest BCUT2D eigenvalue weighted by Gasteiger charge is 2.19. The van der Waals surface area contributed by atoms with Crippen molar-refractivity contribution in [2.24, 2.45) is 0 Å². The number of anilines is 1. The molecule has 0 aliphatic carbocycles. The second-order valence-corrected chi connectivity index (χ2v) is 6.87. The molecular formula is C18H23N3O3S. The summed E-state index contributed by atoms with van der Waals surface area (Å²) in [4.78, 5) is 31.8. The van der Waals surface area contributed by atoms with Crippen LogP contribution in [-0.2, 0) is 4.79 Å². The zero-order valence-electron chi connectivity index (χ0n) is 14.7. The molecule has 0 bridgehead atoms. The molecule has 25 heavy (non-hydrogen) atoms. The molecule has 0 atom stereocenters. The van der Waals surface area contributed by atoms with Crippen molar-refractivity contribution >= 4 is 28.3 Å². The first-order valence-electron chi connectivity index (χ1n) is 8.19. The average Bonchev–Trinajstić information content (AvgIpc) is 3.02. The fourth-order valence-corrected chi connectivity index (χ4v) is 2.97. The Morgan fingerprint density at radius 1 is 1.36 bits per heavy atom. The number of thiazole rings is 1. The molecule has 0 aliphatic rings. The van der Waals surface area contributed by atoms with Crippen LogP contribution in [0.5, 0.6) is 5.75 Å². The van der Waals surface area contributed by atoms with Gasteiger partial charge in [-0.2, -0.15) is 0 Å². The Morgan fingerprint density at radius 2 is 2.16 bits per heavy atom. The molecule has 0 fully saturated rings. The number of unbranched alkanes of at least 4 members (excludes halogenated alkanes) is 1. The summed E-state index contributed by atoms with van der Waals surface area (Å²) in [5.74, 6) is 0.184. The number of ether oxygens (including phenoxy) is 1. The first-order chi connectivity index (χ1) is 12.0. The lowest BCUT2D eigenvalue weighted by atomic mass is 10.1. The maximum atomic E-state index is 12.8. The molecule has 134 valence electrons. The van der Waals surface area contributed by atoms with E-state index in [1.165, 1.54) is 11.3 Å². The van der Waals surface area contributed by atoms with Crippen molar-refractivity contribution in [2.75, 3.05) is 25.5 Å². The molecule has 1 aromatic carbocycles. The number of aromatic nitrogens is 1. The van der Waals surface area contributed by atoms with Crippen LogP contribution < -0.4 is 10.1 Å². The second-order valence-electron chi connectivity index (χ2n) is 5.64. The summed E-state index contributed by atoms with van der Waals surface area (Å²) in [6, 6.07) is 6.96. The lowest BCUT2D eigenvalue weighted by Crippen LogP contribution is -2.38. The molecule has 1 N–H and O–H groups in total. The number of methoxy groups -OCH3 is 1. The highest BCUT2D eigenvalue weighted by molar-refractivity contribution is 7.15. The SMILES string of the molecule is CCCCN(CC(=O)Nc1ncc(C)s1)C(=O)c1cccc(OC)c1. The molecule has 6 nitrogen and oxygen atoms in total. The van der Waals surface area contributed by atoms with E-state index in [-0.39, 0.29) is 18.4 Å². The van der Waals surface area contributed by atoms with Crippen LogP contribution in [0.3, 0.4) is 0 Å². The van der Waals surface area contributed by atoms with Gasteiger partial charge in [0, 0.05) is 23.2 Å². The van der Waals surface area contributed by atoms with Gasteiger partial charge >= 0.3 is 0 Å². The van der Waals surface area contributed by atoms with Gasteiger partial charge in [0.15, 0.2) is 5.13 Å². The summed E-state index contributed by atoms with van der Waals surface area (Å²) in [5.41, 5.74) is 0.508. The Kier molecular flexibility index (Phi) is 6.94. The number of hydrogen-bond donors (Lipinski definition) is 1. The minimum absolute atomic E-state index is 0.00529. The van der Waals surface area contributed by atoms with E-state index in [1.54, 1.807) is 42.5 Å². The molecule has 2 rings (SSSR count). The summed E-state index contributed by atoms with van der Waals surface area (Å²) in [7, 11) is 1.56. The lowest BCUT2D eigenvalue weighted by molar-refractivity contribution is -0.116. The predicted molar refractivity (Wildman–Crippen MR) is 99.3 cm³/mol. The maximum absolute atomic E-state index is 12.8. The summed E-state index contributed by atoms with van der Waals surface area (Å²) in [6.45, 7) is 4.49. The van der Waals surface area contributed by atoms with E-state index in [9.17, 15) is 9.59 Å². The zero-order valence-corrected chi connectivity index (χ0v) is 15.6. The molecule has 2 amide bonds. The molecule has 0 aliphatic heterocycles. The smallest absolute Gasteiger partial charge is 0.254 e. The van der Waals surface area contributed by atoms with Crippen LogP contribution in [0.25, 0.3) is 0 Å². The molecule has 0 radical (unpaired) electrons. The Hall–Kier alpha value is -2.41. The number of hydrogen-bond acceptors (Lipinski definition) is 5. The fourth-order valence-electron chi connectivity index (χ4n) is 2.28. The maximum Gasteiger partial charge on any atom is 0.254 e. The van der Waals surface area contributed by atoms with Gasteiger partial charge < -0.3 is 15.0 Å². The summed E-state index contributed by atoms with van der Waals surface area (Å²) < 4.78 is 5.17. The monoisotopic (exact) mass is 361 g/mol. The van der Waals surface area contributed by atoms with Crippen LogP contribution in [0.15, 0.2) is 30.5 Å². The number of carbonyl (C=O) groups excluding carboxylic acids is 2. The fraction of sp³-hybridized carbons (Fsp3) is 0.389. The van der Waals surface area contributed by atoms with E-state index >= 15 is 0 Å². The van der Waals surface area contributed by atoms with Crippen LogP contribution in [0.1, 0.15) is 35.0 Å². The zero-order chi connectivity index (χ0) is 18.2. The molecule has 7 heteroatoms. The number of rotatable bonds is 8. The largest absolute Gasteiger partial charge is 0.497 e. The van der Waals surface area contributed by atoms with Crippen LogP contribution in [-0.4, -0.2) is 41.9 Å². The van der Waals surface area contributed by atoms with E-state index in [2.05, 4.69) is 10.3 Å². The number of benzene rings is 1. The van der Waals surface area contributed by atoms with Gasteiger partial charge in [-0.25, -0.2) is 4.98 Å². The van der Waals surface area contributed by atoms with Crippen molar-refractivity contribution < 1.29 is 14.3 Å². The van der Waals surface area contributed by atoms with Gasteiger partial charge in [0.25, 0.3) is 5.91 Å². The number of aryl methyl sites for hydroxylation is 1. The number of nitrogens with zero attached hydrogens (tertiary/aromatic N) is 2. The number of nitrogens with one attached hydrogen (secondary N) is 1. The second kappa shape index (κ2) is 9.17. The van der Waals surface area contributed by atoms with Crippen molar-refractivity contribution in [3.05, 3.63) is 40.9 Å². The quantitative estimate of drug-likeness (QED) is 0.783. The van der Waals surface area contributed by atoms with Gasteiger partial charge in [-0.1, -0.05) is 19.4 Å². The van der Waals surface area contributed by atoms with Crippen LogP contribution in [0.2, 0.25) is 0 Å². The van der Waals surface area contributed by atoms with Crippen molar-refractivity contribution in [2.45, 2.75) is 26.7 Å². The first-order valence-corrected chi connectivity index (χ1v) is 9.00. The molecule has 0 saturated heterocycles. The Bertz CT molecular complexity index is 730. The van der Waals surface area contributed by atoms with E-state index in [4.69, 9.17) is 4.74 Å². The standard InChI is InChI=1S/C18H23N3O3S/c1-4-5-9-21(12-16(22)20-18-19-11-13(2)25-18)17(23)14-7-6-8-15(10-14)24-3/h6-8,10-11H,4-5,9,12H2,1-3H3,(H,19,20,22). The summed E-state index contributed by atoms with van der Waals surface area (Å²) in [5, 5.41) is 3.30. The van der Waals surface area contributed by atoms with Gasteiger partial charge in [0.2, 0.25) is 5.91 Å². The highest BCUT2D eigenvalue weighted by Crippen LogP contribution is 2.17. The molecule has 0 saturated carbocycles. The van der Waals surface area contributed by atoms with Crippen LogP contribution >= 0.6 is 11.3 Å². The topological polar surface area (TPSA) is 71.5 Å². The molecule has 2 aromatic rings. The normalized spacial score (nSPS) is 10.4. The minimum Gasteiger partial charge on any atom is -0.497 e. The predicted octanol–water partition coefficient (Wildman–Crippen LogP) is 3.34. The summed E-state index contributed by atoms with van der Waals surface area (Å²) in [6.07, 6.45) is 3.48. The number of carbonyl (C=O) groups is 2. The molecule has 0 unspecified atom stereocenters. The molecular weight excluding hydrogens is 338 g/mol. The Labute approximate surface area is 151 Å². The highest BCUT2D eigenvalue weighted by atomic mass is 32.1. The average molecular weight is 361 g/mol. The first kappa shape index (κ1) is 18.9. The van der Waals surface area contributed by atoms with E-state index in [1.807, 2.05) is 13.8 Å². The third-order valence-corrected chi connectivity index (χ3v) is 4.42. The van der Waals surface area contributed by atoms with Crippen molar-refractivity contribution in [3.63, 3.8) is 0 Å². The minimum atomic E-state index is -0.248. The third kappa shape index (κ3) is 5.56. The lowest BCUT2D eigenvalue weighted by Gasteiger charge is -2.22. The van der Waals surface area contributed by atoms with Crippen molar-refractivity contribution in [3.8, 4) is 5.75 Å². The van der Waals surface area contributed by atoms with E-state index in [0.29, 0.717) is 23.0 Å².